The zero-order chi connectivity index (χ0) is 12.9. The van der Waals surface area contributed by atoms with E-state index in [2.05, 4.69) is 54.6 Å². The number of nitriles is 1. The predicted octanol–water partition coefficient (Wildman–Crippen LogP) is 4.24. The van der Waals surface area contributed by atoms with Crippen LogP contribution in [0.25, 0.3) is 0 Å². The third kappa shape index (κ3) is 1.49. The van der Waals surface area contributed by atoms with E-state index in [0.717, 1.165) is 12.8 Å². The molecule has 0 N–H and O–H groups in total. The lowest BCUT2D eigenvalue weighted by atomic mass is 9.68. The lowest BCUT2D eigenvalue weighted by molar-refractivity contribution is 0.450. The summed E-state index contributed by atoms with van der Waals surface area (Å²) in [5.41, 5.74) is 3.68. The minimum absolute atomic E-state index is 0.319. The minimum atomic E-state index is -0.319. The summed E-state index contributed by atoms with van der Waals surface area (Å²) in [5, 5.41) is 10.2. The molecule has 0 aromatic heterocycles. The Kier molecular flexibility index (Phi) is 2.28. The molecule has 2 aromatic carbocycles. The van der Waals surface area contributed by atoms with Crippen LogP contribution in [-0.2, 0) is 11.8 Å². The van der Waals surface area contributed by atoms with Crippen LogP contribution in [-0.4, -0.2) is 0 Å². The van der Waals surface area contributed by atoms with E-state index < -0.39 is 0 Å². The standard InChI is InChI=1S/C17H13NS/c18-11-17-9-12-5-1-2-6-13(12)16(10-17)19-15-8-4-3-7-14(15)17/h1-8,16H,9-10H2. The molecular weight excluding hydrogens is 250 g/mol. The molecule has 2 aromatic rings. The molecule has 0 radical (unpaired) electrons. The summed E-state index contributed by atoms with van der Waals surface area (Å²) in [6.07, 6.45) is 1.80. The van der Waals surface area contributed by atoms with Gasteiger partial charge in [-0.2, -0.15) is 5.26 Å². The molecule has 0 saturated heterocycles. The van der Waals surface area contributed by atoms with Crippen molar-refractivity contribution in [2.24, 2.45) is 0 Å². The van der Waals surface area contributed by atoms with E-state index in [0.29, 0.717) is 5.25 Å². The van der Waals surface area contributed by atoms with E-state index in [4.69, 9.17) is 0 Å². The van der Waals surface area contributed by atoms with Crippen molar-refractivity contribution >= 4 is 11.8 Å². The van der Waals surface area contributed by atoms with Crippen LogP contribution in [0.15, 0.2) is 53.4 Å². The van der Waals surface area contributed by atoms with Crippen LogP contribution in [0.2, 0.25) is 0 Å². The average Bonchev–Trinajstić information content (AvgIpc) is 2.47. The van der Waals surface area contributed by atoms with Crippen molar-refractivity contribution in [1.29, 1.82) is 5.26 Å². The van der Waals surface area contributed by atoms with Gasteiger partial charge in [0, 0.05) is 10.1 Å². The van der Waals surface area contributed by atoms with E-state index in [9.17, 15) is 5.26 Å². The molecule has 1 nitrogen and oxygen atoms in total. The van der Waals surface area contributed by atoms with Crippen LogP contribution in [0.3, 0.4) is 0 Å². The Morgan fingerprint density at radius 1 is 1.11 bits per heavy atom. The highest BCUT2D eigenvalue weighted by molar-refractivity contribution is 7.99. The van der Waals surface area contributed by atoms with Crippen LogP contribution in [0.5, 0.6) is 0 Å². The Balaban J connectivity index is 1.96. The van der Waals surface area contributed by atoms with Crippen LogP contribution in [0.1, 0.15) is 28.4 Å². The smallest absolute Gasteiger partial charge is 0.0887 e. The molecule has 0 fully saturated rings. The quantitative estimate of drug-likeness (QED) is 0.709. The lowest BCUT2D eigenvalue weighted by Crippen LogP contribution is -2.36. The third-order valence-electron chi connectivity index (χ3n) is 4.31. The molecule has 1 heterocycles. The van der Waals surface area contributed by atoms with Crippen molar-refractivity contribution in [2.75, 3.05) is 0 Å². The third-order valence-corrected chi connectivity index (χ3v) is 5.63. The number of thioether (sulfide) groups is 1. The van der Waals surface area contributed by atoms with Crippen molar-refractivity contribution in [3.63, 3.8) is 0 Å². The van der Waals surface area contributed by atoms with Crippen molar-refractivity contribution < 1.29 is 0 Å². The summed E-state index contributed by atoms with van der Waals surface area (Å²) in [7, 11) is 0. The molecule has 92 valence electrons. The highest BCUT2D eigenvalue weighted by Crippen LogP contribution is 2.57. The fraction of sp³-hybridized carbons (Fsp3) is 0.235. The van der Waals surface area contributed by atoms with Gasteiger partial charge in [0.2, 0.25) is 0 Å². The molecule has 1 aliphatic heterocycles. The van der Waals surface area contributed by atoms with E-state index in [1.54, 1.807) is 0 Å². The van der Waals surface area contributed by atoms with Gasteiger partial charge < -0.3 is 0 Å². The maximum absolute atomic E-state index is 9.81. The van der Waals surface area contributed by atoms with Crippen molar-refractivity contribution in [3.05, 3.63) is 65.2 Å². The molecule has 1 aliphatic carbocycles. The Labute approximate surface area is 117 Å². The Morgan fingerprint density at radius 3 is 2.79 bits per heavy atom. The van der Waals surface area contributed by atoms with Gasteiger partial charge in [-0.05, 0) is 35.6 Å². The summed E-state index contributed by atoms with van der Waals surface area (Å²) < 4.78 is 0. The Hall–Kier alpha value is -1.72. The lowest BCUT2D eigenvalue weighted by Gasteiger charge is -2.42. The van der Waals surface area contributed by atoms with E-state index in [-0.39, 0.29) is 5.41 Å². The molecule has 0 amide bonds. The molecule has 4 rings (SSSR count). The molecule has 0 saturated carbocycles. The zero-order valence-corrected chi connectivity index (χ0v) is 11.3. The van der Waals surface area contributed by atoms with Crippen molar-refractivity contribution in [1.82, 2.24) is 0 Å². The normalized spacial score (nSPS) is 27.0. The molecule has 2 atom stereocenters. The van der Waals surface area contributed by atoms with Gasteiger partial charge in [0.25, 0.3) is 0 Å². The molecule has 2 unspecified atom stereocenters. The molecular formula is C17H13NS. The van der Waals surface area contributed by atoms with Crippen molar-refractivity contribution in [2.45, 2.75) is 28.4 Å². The Morgan fingerprint density at radius 2 is 1.89 bits per heavy atom. The average molecular weight is 263 g/mol. The number of hydrogen-bond donors (Lipinski definition) is 0. The van der Waals surface area contributed by atoms with Gasteiger partial charge in [0.1, 0.15) is 0 Å². The first kappa shape index (κ1) is 11.1. The SMILES string of the molecule is N#CC12Cc3ccccc3C(C1)Sc1ccccc12. The summed E-state index contributed by atoms with van der Waals surface area (Å²) in [6, 6.07) is 19.7. The number of nitrogens with zero attached hydrogens (tertiary/aromatic N) is 1. The van der Waals surface area contributed by atoms with E-state index in [1.807, 2.05) is 11.8 Å². The first-order valence-corrected chi connectivity index (χ1v) is 7.46. The largest absolute Gasteiger partial charge is 0.197 e. The van der Waals surface area contributed by atoms with Crippen LogP contribution in [0, 0.1) is 11.3 Å². The second-order valence-corrected chi connectivity index (χ2v) is 6.62. The minimum Gasteiger partial charge on any atom is -0.197 e. The maximum Gasteiger partial charge on any atom is 0.0887 e. The summed E-state index contributed by atoms with van der Waals surface area (Å²) >= 11 is 1.92. The molecule has 19 heavy (non-hydrogen) atoms. The van der Waals surface area contributed by atoms with Gasteiger partial charge in [-0.1, -0.05) is 42.5 Å². The molecule has 2 heteroatoms. The van der Waals surface area contributed by atoms with Gasteiger partial charge in [-0.25, -0.2) is 0 Å². The van der Waals surface area contributed by atoms with Gasteiger partial charge in [0.05, 0.1) is 11.5 Å². The maximum atomic E-state index is 9.81. The monoisotopic (exact) mass is 263 g/mol. The predicted molar refractivity (Wildman–Crippen MR) is 77.1 cm³/mol. The summed E-state index contributed by atoms with van der Waals surface area (Å²) in [6.45, 7) is 0. The first-order valence-electron chi connectivity index (χ1n) is 6.58. The van der Waals surface area contributed by atoms with Crippen LogP contribution in [0.4, 0.5) is 0 Å². The van der Waals surface area contributed by atoms with Gasteiger partial charge >= 0.3 is 0 Å². The number of hydrogen-bond acceptors (Lipinski definition) is 2. The van der Waals surface area contributed by atoms with Crippen LogP contribution < -0.4 is 0 Å². The highest BCUT2D eigenvalue weighted by Gasteiger charge is 2.45. The second-order valence-electron chi connectivity index (χ2n) is 5.38. The molecule has 0 spiro atoms. The summed E-state index contributed by atoms with van der Waals surface area (Å²) in [5.74, 6) is 0. The van der Waals surface area contributed by atoms with Crippen LogP contribution >= 0.6 is 11.8 Å². The van der Waals surface area contributed by atoms with Gasteiger partial charge in [-0.3, -0.25) is 0 Å². The fourth-order valence-electron chi connectivity index (χ4n) is 3.41. The van der Waals surface area contributed by atoms with E-state index in [1.165, 1.54) is 21.6 Å². The van der Waals surface area contributed by atoms with Gasteiger partial charge in [0.15, 0.2) is 0 Å². The topological polar surface area (TPSA) is 23.8 Å². The molecule has 2 bridgehead atoms. The zero-order valence-electron chi connectivity index (χ0n) is 10.5. The Bertz CT molecular complexity index is 700. The molecule has 2 aliphatic rings. The number of fused-ring (bicyclic) bond motifs is 6. The van der Waals surface area contributed by atoms with Crippen molar-refractivity contribution in [3.8, 4) is 6.07 Å². The number of benzene rings is 2. The highest BCUT2D eigenvalue weighted by atomic mass is 32.2. The fourth-order valence-corrected chi connectivity index (χ4v) is 4.99. The first-order chi connectivity index (χ1) is 9.32. The van der Waals surface area contributed by atoms with Gasteiger partial charge in [-0.15, -0.1) is 11.8 Å². The summed E-state index contributed by atoms with van der Waals surface area (Å²) in [4.78, 5) is 1.29. The number of rotatable bonds is 0. The second kappa shape index (κ2) is 3.88. The van der Waals surface area contributed by atoms with E-state index >= 15 is 0 Å².